The van der Waals surface area contributed by atoms with Crippen molar-refractivity contribution in [1.82, 2.24) is 5.32 Å². The Bertz CT molecular complexity index is 226. The number of carbonyl (C=O) groups excluding carboxylic acids is 2. The van der Waals surface area contributed by atoms with Crippen LogP contribution >= 0.6 is 0 Å². The molecule has 0 aromatic rings. The van der Waals surface area contributed by atoms with Crippen molar-refractivity contribution in [1.29, 1.82) is 0 Å². The molecule has 82 valence electrons. The SMILES string of the molecule is COC(=O)C(C)NCC(C)(C)C(N)=O. The first-order valence-electron chi connectivity index (χ1n) is 4.42. The number of nitrogens with one attached hydrogen (secondary N) is 1. The largest absolute Gasteiger partial charge is 0.468 e. The minimum atomic E-state index is -0.664. The summed E-state index contributed by atoms with van der Waals surface area (Å²) in [7, 11) is 1.32. The first-order valence-corrected chi connectivity index (χ1v) is 4.42. The zero-order valence-electron chi connectivity index (χ0n) is 9.09. The summed E-state index contributed by atoms with van der Waals surface area (Å²) in [5, 5.41) is 2.88. The third kappa shape index (κ3) is 3.74. The van der Waals surface area contributed by atoms with Gasteiger partial charge in [-0.25, -0.2) is 0 Å². The topological polar surface area (TPSA) is 81.4 Å². The molecule has 0 spiro atoms. The molecule has 5 heteroatoms. The third-order valence-electron chi connectivity index (χ3n) is 2.07. The van der Waals surface area contributed by atoms with E-state index in [1.165, 1.54) is 7.11 Å². The van der Waals surface area contributed by atoms with Gasteiger partial charge in [0.05, 0.1) is 12.5 Å². The maximum Gasteiger partial charge on any atom is 0.322 e. The van der Waals surface area contributed by atoms with Gasteiger partial charge in [-0.2, -0.15) is 0 Å². The van der Waals surface area contributed by atoms with Crippen LogP contribution in [0.4, 0.5) is 0 Å². The van der Waals surface area contributed by atoms with E-state index in [0.29, 0.717) is 6.54 Å². The number of methoxy groups -OCH3 is 1. The molecule has 0 rings (SSSR count). The minimum Gasteiger partial charge on any atom is -0.468 e. The summed E-state index contributed by atoms with van der Waals surface area (Å²) in [6.07, 6.45) is 0. The highest BCUT2D eigenvalue weighted by atomic mass is 16.5. The number of ether oxygens (including phenoxy) is 1. The lowest BCUT2D eigenvalue weighted by molar-refractivity contribution is -0.143. The third-order valence-corrected chi connectivity index (χ3v) is 2.07. The van der Waals surface area contributed by atoms with Crippen molar-refractivity contribution >= 4 is 11.9 Å². The average Bonchev–Trinajstić information content (AvgIpc) is 2.12. The predicted octanol–water partition coefficient (Wildman–Crippen LogP) is -0.351. The fraction of sp³-hybridized carbons (Fsp3) is 0.778. The van der Waals surface area contributed by atoms with Crippen LogP contribution in [0, 0.1) is 5.41 Å². The molecule has 1 atom stereocenters. The van der Waals surface area contributed by atoms with Gasteiger partial charge in [0.2, 0.25) is 5.91 Å². The minimum absolute atomic E-state index is 0.346. The molecular formula is C9H18N2O3. The summed E-state index contributed by atoms with van der Waals surface area (Å²) >= 11 is 0. The number of nitrogens with two attached hydrogens (primary N) is 1. The summed E-state index contributed by atoms with van der Waals surface area (Å²) in [5.74, 6) is -0.757. The van der Waals surface area contributed by atoms with Crippen molar-refractivity contribution in [2.75, 3.05) is 13.7 Å². The van der Waals surface area contributed by atoms with Crippen LogP contribution in [0.2, 0.25) is 0 Å². The van der Waals surface area contributed by atoms with Gasteiger partial charge in [-0.05, 0) is 20.8 Å². The Morgan fingerprint density at radius 2 is 2.00 bits per heavy atom. The summed E-state index contributed by atoms with van der Waals surface area (Å²) in [6.45, 7) is 5.44. The van der Waals surface area contributed by atoms with Crippen molar-refractivity contribution in [3.8, 4) is 0 Å². The van der Waals surface area contributed by atoms with E-state index >= 15 is 0 Å². The van der Waals surface area contributed by atoms with Crippen LogP contribution < -0.4 is 11.1 Å². The van der Waals surface area contributed by atoms with Gasteiger partial charge in [-0.15, -0.1) is 0 Å². The predicted molar refractivity (Wildman–Crippen MR) is 52.5 cm³/mol. The Morgan fingerprint density at radius 1 is 1.50 bits per heavy atom. The van der Waals surface area contributed by atoms with E-state index < -0.39 is 17.4 Å². The van der Waals surface area contributed by atoms with E-state index in [-0.39, 0.29) is 5.97 Å². The van der Waals surface area contributed by atoms with E-state index in [1.54, 1.807) is 20.8 Å². The van der Waals surface area contributed by atoms with Gasteiger partial charge >= 0.3 is 5.97 Å². The lowest BCUT2D eigenvalue weighted by Crippen LogP contribution is -2.45. The van der Waals surface area contributed by atoms with Gasteiger partial charge in [-0.1, -0.05) is 0 Å². The number of amides is 1. The Kier molecular flexibility index (Phi) is 4.56. The quantitative estimate of drug-likeness (QED) is 0.597. The zero-order valence-corrected chi connectivity index (χ0v) is 9.09. The highest BCUT2D eigenvalue weighted by Crippen LogP contribution is 2.12. The van der Waals surface area contributed by atoms with E-state index in [1.807, 2.05) is 0 Å². The second-order valence-electron chi connectivity index (χ2n) is 3.87. The van der Waals surface area contributed by atoms with Gasteiger partial charge in [-0.3, -0.25) is 9.59 Å². The van der Waals surface area contributed by atoms with E-state index in [9.17, 15) is 9.59 Å². The van der Waals surface area contributed by atoms with E-state index in [2.05, 4.69) is 10.1 Å². The van der Waals surface area contributed by atoms with Crippen LogP contribution in [-0.4, -0.2) is 31.6 Å². The molecule has 0 aliphatic heterocycles. The fourth-order valence-corrected chi connectivity index (χ4v) is 0.755. The molecule has 5 nitrogen and oxygen atoms in total. The van der Waals surface area contributed by atoms with Crippen molar-refractivity contribution in [2.24, 2.45) is 11.1 Å². The van der Waals surface area contributed by atoms with Crippen molar-refractivity contribution in [3.63, 3.8) is 0 Å². The van der Waals surface area contributed by atoms with Crippen LogP contribution in [0.1, 0.15) is 20.8 Å². The molecule has 0 radical (unpaired) electrons. The summed E-state index contributed by atoms with van der Waals surface area (Å²) in [6, 6.07) is -0.432. The Labute approximate surface area is 84.0 Å². The molecule has 1 amide bonds. The molecule has 0 aliphatic carbocycles. The second-order valence-corrected chi connectivity index (χ2v) is 3.87. The number of rotatable bonds is 5. The fourth-order valence-electron chi connectivity index (χ4n) is 0.755. The van der Waals surface area contributed by atoms with Crippen LogP contribution in [0.3, 0.4) is 0 Å². The second kappa shape index (κ2) is 4.95. The molecule has 0 heterocycles. The van der Waals surface area contributed by atoms with Crippen LogP contribution in [0.15, 0.2) is 0 Å². The normalized spacial score (nSPS) is 13.4. The lowest BCUT2D eigenvalue weighted by Gasteiger charge is -2.22. The summed E-state index contributed by atoms with van der Waals surface area (Å²) < 4.78 is 4.52. The Morgan fingerprint density at radius 3 is 2.36 bits per heavy atom. The molecule has 0 aliphatic rings. The van der Waals surface area contributed by atoms with Crippen LogP contribution in [-0.2, 0) is 14.3 Å². The molecule has 14 heavy (non-hydrogen) atoms. The molecule has 0 aromatic heterocycles. The van der Waals surface area contributed by atoms with Gasteiger partial charge in [0.1, 0.15) is 6.04 Å². The molecule has 0 bridgehead atoms. The zero-order chi connectivity index (χ0) is 11.4. The first kappa shape index (κ1) is 12.9. The Hall–Kier alpha value is -1.10. The maximum atomic E-state index is 11.0. The average molecular weight is 202 g/mol. The van der Waals surface area contributed by atoms with Crippen LogP contribution in [0.5, 0.6) is 0 Å². The van der Waals surface area contributed by atoms with Gasteiger partial charge in [0.15, 0.2) is 0 Å². The summed E-state index contributed by atoms with van der Waals surface area (Å²) in [5.41, 5.74) is 4.51. The lowest BCUT2D eigenvalue weighted by atomic mass is 9.92. The Balaban J connectivity index is 4.06. The molecule has 0 fully saturated rings. The molecule has 0 saturated heterocycles. The standard InChI is InChI=1S/C9H18N2O3/c1-6(7(12)14-4)11-5-9(2,3)8(10)13/h6,11H,5H2,1-4H3,(H2,10,13). The first-order chi connectivity index (χ1) is 6.31. The number of hydrogen-bond donors (Lipinski definition) is 2. The molecular weight excluding hydrogens is 184 g/mol. The number of primary amides is 1. The molecule has 0 saturated carbocycles. The molecule has 3 N–H and O–H groups in total. The van der Waals surface area contributed by atoms with Gasteiger partial charge < -0.3 is 15.8 Å². The van der Waals surface area contributed by atoms with E-state index in [0.717, 1.165) is 0 Å². The number of carbonyl (C=O) groups is 2. The molecule has 0 aromatic carbocycles. The monoisotopic (exact) mass is 202 g/mol. The smallest absolute Gasteiger partial charge is 0.322 e. The number of esters is 1. The highest BCUT2D eigenvalue weighted by molar-refractivity contribution is 5.80. The van der Waals surface area contributed by atoms with Crippen molar-refractivity contribution in [2.45, 2.75) is 26.8 Å². The number of hydrogen-bond acceptors (Lipinski definition) is 4. The van der Waals surface area contributed by atoms with Gasteiger partial charge in [0.25, 0.3) is 0 Å². The summed E-state index contributed by atoms with van der Waals surface area (Å²) in [4.78, 5) is 21.9. The molecule has 1 unspecified atom stereocenters. The van der Waals surface area contributed by atoms with Crippen molar-refractivity contribution in [3.05, 3.63) is 0 Å². The highest BCUT2D eigenvalue weighted by Gasteiger charge is 2.26. The maximum absolute atomic E-state index is 11.0. The van der Waals surface area contributed by atoms with Crippen LogP contribution in [0.25, 0.3) is 0 Å². The van der Waals surface area contributed by atoms with E-state index in [4.69, 9.17) is 5.73 Å². The van der Waals surface area contributed by atoms with Crippen molar-refractivity contribution < 1.29 is 14.3 Å². The van der Waals surface area contributed by atoms with Gasteiger partial charge in [0, 0.05) is 6.54 Å².